The average molecular weight is 376 g/mol. The Morgan fingerprint density at radius 2 is 1.85 bits per heavy atom. The molecule has 0 unspecified atom stereocenters. The molecule has 0 saturated carbocycles. The first-order valence-corrected chi connectivity index (χ1v) is 10.2. The van der Waals surface area contributed by atoms with E-state index < -0.39 is 15.8 Å². The number of aryl methyl sites for hydroxylation is 1. The van der Waals surface area contributed by atoms with Crippen molar-refractivity contribution in [2.75, 3.05) is 16.2 Å². The molecule has 1 heterocycles. The molecule has 5 nitrogen and oxygen atoms in total. The number of carbonyl (C=O) groups excluding carboxylic acids is 1. The molecule has 0 aliphatic carbocycles. The number of nitrogens with one attached hydrogen (secondary N) is 1. The number of nitrogens with zero attached hydrogens (tertiary/aromatic N) is 1. The standard InChI is InChI=1S/C19H21FN2O3S/c1-14-5-10-17(12-18(14)22-11-3-2-4-19(22)23)21-26(24,25)13-15-6-8-16(20)9-7-15/h5-10,12,21H,2-4,11,13H2,1H3. The summed E-state index contributed by atoms with van der Waals surface area (Å²) >= 11 is 0. The maximum absolute atomic E-state index is 13.0. The molecule has 2 aromatic carbocycles. The smallest absolute Gasteiger partial charge is 0.236 e. The zero-order valence-corrected chi connectivity index (χ0v) is 15.4. The van der Waals surface area contributed by atoms with E-state index in [4.69, 9.17) is 0 Å². The third-order valence-corrected chi connectivity index (χ3v) is 5.63. The van der Waals surface area contributed by atoms with E-state index >= 15 is 0 Å². The largest absolute Gasteiger partial charge is 0.312 e. The number of piperidine rings is 1. The monoisotopic (exact) mass is 376 g/mol. The number of carbonyl (C=O) groups is 1. The van der Waals surface area contributed by atoms with Gasteiger partial charge in [0.1, 0.15) is 5.82 Å². The topological polar surface area (TPSA) is 66.5 Å². The Hall–Kier alpha value is -2.41. The summed E-state index contributed by atoms with van der Waals surface area (Å²) in [7, 11) is -3.65. The van der Waals surface area contributed by atoms with Gasteiger partial charge in [-0.3, -0.25) is 9.52 Å². The van der Waals surface area contributed by atoms with Gasteiger partial charge >= 0.3 is 0 Å². The Bertz CT molecular complexity index is 911. The second-order valence-corrected chi connectivity index (χ2v) is 8.21. The molecule has 7 heteroatoms. The Kier molecular flexibility index (Phi) is 5.27. The molecule has 0 aromatic heterocycles. The summed E-state index contributed by atoms with van der Waals surface area (Å²) in [5, 5.41) is 0. The Balaban J connectivity index is 1.79. The highest BCUT2D eigenvalue weighted by Crippen LogP contribution is 2.28. The van der Waals surface area contributed by atoms with E-state index in [2.05, 4.69) is 4.72 Å². The fourth-order valence-corrected chi connectivity index (χ4v) is 4.23. The van der Waals surface area contributed by atoms with Crippen molar-refractivity contribution in [1.82, 2.24) is 0 Å². The number of anilines is 2. The van der Waals surface area contributed by atoms with Crippen molar-refractivity contribution in [3.63, 3.8) is 0 Å². The molecule has 138 valence electrons. The first-order valence-electron chi connectivity index (χ1n) is 8.50. The fourth-order valence-electron chi connectivity index (χ4n) is 3.04. The van der Waals surface area contributed by atoms with Crippen LogP contribution in [0.1, 0.15) is 30.4 Å². The fraction of sp³-hybridized carbons (Fsp3) is 0.316. The van der Waals surface area contributed by atoms with Crippen molar-refractivity contribution >= 4 is 27.3 Å². The number of hydrogen-bond acceptors (Lipinski definition) is 3. The van der Waals surface area contributed by atoms with Gasteiger partial charge in [-0.25, -0.2) is 12.8 Å². The van der Waals surface area contributed by atoms with Crippen LogP contribution in [0.3, 0.4) is 0 Å². The molecule has 1 saturated heterocycles. The van der Waals surface area contributed by atoms with E-state index in [1.807, 2.05) is 6.92 Å². The molecule has 2 aromatic rings. The van der Waals surface area contributed by atoms with Gasteiger partial charge < -0.3 is 4.90 Å². The van der Waals surface area contributed by atoms with E-state index in [1.54, 1.807) is 23.1 Å². The lowest BCUT2D eigenvalue weighted by Gasteiger charge is -2.28. The Morgan fingerprint density at radius 1 is 1.12 bits per heavy atom. The average Bonchev–Trinajstić information content (AvgIpc) is 2.59. The van der Waals surface area contributed by atoms with Crippen molar-refractivity contribution in [2.45, 2.75) is 31.9 Å². The number of benzene rings is 2. The zero-order valence-electron chi connectivity index (χ0n) is 14.5. The van der Waals surface area contributed by atoms with Crippen molar-refractivity contribution in [1.29, 1.82) is 0 Å². The van der Waals surface area contributed by atoms with Crippen LogP contribution in [0.5, 0.6) is 0 Å². The first-order chi connectivity index (χ1) is 12.3. The number of halogens is 1. The summed E-state index contributed by atoms with van der Waals surface area (Å²) in [6, 6.07) is 10.5. The van der Waals surface area contributed by atoms with Crippen molar-refractivity contribution < 1.29 is 17.6 Å². The van der Waals surface area contributed by atoms with Crippen LogP contribution in [-0.4, -0.2) is 20.9 Å². The minimum atomic E-state index is -3.65. The molecule has 1 aliphatic heterocycles. The van der Waals surface area contributed by atoms with Crippen LogP contribution in [0.25, 0.3) is 0 Å². The van der Waals surface area contributed by atoms with Crippen LogP contribution in [0.4, 0.5) is 15.8 Å². The molecular formula is C19H21FN2O3S. The second kappa shape index (κ2) is 7.45. The molecule has 0 radical (unpaired) electrons. The molecule has 1 aliphatic rings. The van der Waals surface area contributed by atoms with Gasteiger partial charge in [0.25, 0.3) is 0 Å². The number of hydrogen-bond donors (Lipinski definition) is 1. The van der Waals surface area contributed by atoms with Gasteiger partial charge in [-0.2, -0.15) is 0 Å². The molecule has 1 N–H and O–H groups in total. The van der Waals surface area contributed by atoms with Crippen LogP contribution in [0, 0.1) is 12.7 Å². The van der Waals surface area contributed by atoms with E-state index in [-0.39, 0.29) is 11.7 Å². The van der Waals surface area contributed by atoms with Crippen LogP contribution in [0.15, 0.2) is 42.5 Å². The van der Waals surface area contributed by atoms with Crippen LogP contribution in [-0.2, 0) is 20.6 Å². The Morgan fingerprint density at radius 3 is 2.54 bits per heavy atom. The lowest BCUT2D eigenvalue weighted by molar-refractivity contribution is -0.119. The quantitative estimate of drug-likeness (QED) is 0.867. The highest BCUT2D eigenvalue weighted by Gasteiger charge is 2.22. The molecule has 1 amide bonds. The van der Waals surface area contributed by atoms with E-state index in [1.165, 1.54) is 24.3 Å². The van der Waals surface area contributed by atoms with Gasteiger partial charge in [-0.05, 0) is 55.2 Å². The summed E-state index contributed by atoms with van der Waals surface area (Å²) in [4.78, 5) is 13.9. The maximum Gasteiger partial charge on any atom is 0.236 e. The summed E-state index contributed by atoms with van der Waals surface area (Å²) in [6.07, 6.45) is 2.34. The van der Waals surface area contributed by atoms with Gasteiger partial charge in [0, 0.05) is 18.7 Å². The SMILES string of the molecule is Cc1ccc(NS(=O)(=O)Cc2ccc(F)cc2)cc1N1CCCCC1=O. The van der Waals surface area contributed by atoms with Crippen molar-refractivity contribution in [2.24, 2.45) is 0 Å². The number of sulfonamides is 1. The summed E-state index contributed by atoms with van der Waals surface area (Å²) < 4.78 is 40.3. The summed E-state index contributed by atoms with van der Waals surface area (Å²) in [5.41, 5.74) is 2.56. The predicted octanol–water partition coefficient (Wildman–Crippen LogP) is 3.59. The summed E-state index contributed by atoms with van der Waals surface area (Å²) in [6.45, 7) is 2.54. The normalized spacial score (nSPS) is 15.2. The molecule has 26 heavy (non-hydrogen) atoms. The van der Waals surface area contributed by atoms with E-state index in [0.717, 1.165) is 24.1 Å². The third kappa shape index (κ3) is 4.40. The van der Waals surface area contributed by atoms with Gasteiger partial charge in [0.2, 0.25) is 15.9 Å². The minimum absolute atomic E-state index is 0.0608. The molecule has 1 fully saturated rings. The summed E-state index contributed by atoms with van der Waals surface area (Å²) in [5.74, 6) is -0.599. The molecule has 0 atom stereocenters. The predicted molar refractivity (Wildman–Crippen MR) is 100 cm³/mol. The van der Waals surface area contributed by atoms with Crippen LogP contribution in [0.2, 0.25) is 0 Å². The lowest BCUT2D eigenvalue weighted by Crippen LogP contribution is -2.35. The van der Waals surface area contributed by atoms with Gasteiger partial charge in [0.15, 0.2) is 0 Å². The maximum atomic E-state index is 13.0. The van der Waals surface area contributed by atoms with E-state index in [9.17, 15) is 17.6 Å². The zero-order chi connectivity index (χ0) is 18.7. The third-order valence-electron chi connectivity index (χ3n) is 4.37. The Labute approximate surface area is 152 Å². The number of amides is 1. The molecule has 0 bridgehead atoms. The lowest BCUT2D eigenvalue weighted by atomic mass is 10.1. The van der Waals surface area contributed by atoms with Crippen molar-refractivity contribution in [3.8, 4) is 0 Å². The highest BCUT2D eigenvalue weighted by molar-refractivity contribution is 7.91. The van der Waals surface area contributed by atoms with Gasteiger partial charge in [-0.15, -0.1) is 0 Å². The minimum Gasteiger partial charge on any atom is -0.312 e. The van der Waals surface area contributed by atoms with Gasteiger partial charge in [0.05, 0.1) is 11.4 Å². The second-order valence-electron chi connectivity index (χ2n) is 6.49. The van der Waals surface area contributed by atoms with Crippen LogP contribution >= 0.6 is 0 Å². The van der Waals surface area contributed by atoms with E-state index in [0.29, 0.717) is 24.2 Å². The number of rotatable bonds is 5. The molecule has 3 rings (SSSR count). The highest BCUT2D eigenvalue weighted by atomic mass is 32.2. The molecule has 0 spiro atoms. The van der Waals surface area contributed by atoms with Crippen LogP contribution < -0.4 is 9.62 Å². The van der Waals surface area contributed by atoms with Crippen molar-refractivity contribution in [3.05, 3.63) is 59.4 Å². The first kappa shape index (κ1) is 18.4. The molecular weight excluding hydrogens is 355 g/mol. The van der Waals surface area contributed by atoms with Gasteiger partial charge in [-0.1, -0.05) is 18.2 Å².